The number of hydrogen-bond acceptors (Lipinski definition) is 2. The fraction of sp³-hybridized carbons (Fsp3) is 0.250. The van der Waals surface area contributed by atoms with Crippen LogP contribution in [0.1, 0.15) is 12.0 Å². The van der Waals surface area contributed by atoms with E-state index in [0.29, 0.717) is 12.8 Å². The lowest BCUT2D eigenvalue weighted by Gasteiger charge is -2.07. The third kappa shape index (κ3) is 3.98. The molecule has 0 aliphatic rings. The molecule has 80 valence electrons. The smallest absolute Gasteiger partial charge is 0.154 e. The van der Waals surface area contributed by atoms with Gasteiger partial charge >= 0.3 is 0 Å². The van der Waals surface area contributed by atoms with Gasteiger partial charge in [0.15, 0.2) is 5.78 Å². The van der Waals surface area contributed by atoms with Gasteiger partial charge in [-0.15, -0.1) is 6.58 Å². The minimum Gasteiger partial charge on any atom is -0.321 e. The van der Waals surface area contributed by atoms with Gasteiger partial charge in [0.2, 0.25) is 0 Å². The molecule has 0 bridgehead atoms. The van der Waals surface area contributed by atoms with Gasteiger partial charge in [0.25, 0.3) is 0 Å². The van der Waals surface area contributed by atoms with Gasteiger partial charge < -0.3 is 5.73 Å². The number of Topliss-reactive ketones (excluding diaryl/α,β-unsaturated/α-hetero) is 1. The first-order valence-electron chi connectivity index (χ1n) is 4.77. The molecule has 1 aromatic rings. The van der Waals surface area contributed by atoms with Crippen molar-refractivity contribution >= 4 is 21.7 Å². The summed E-state index contributed by atoms with van der Waals surface area (Å²) in [6.07, 6.45) is 2.59. The Hall–Kier alpha value is -0.930. The maximum atomic E-state index is 11.6. The molecule has 2 nitrogen and oxygen atoms in total. The van der Waals surface area contributed by atoms with Gasteiger partial charge in [-0.1, -0.05) is 34.1 Å². The quantitative estimate of drug-likeness (QED) is 0.833. The van der Waals surface area contributed by atoms with E-state index < -0.39 is 6.04 Å². The van der Waals surface area contributed by atoms with Crippen LogP contribution in [0.2, 0.25) is 0 Å². The number of halogens is 1. The van der Waals surface area contributed by atoms with Gasteiger partial charge in [0, 0.05) is 10.9 Å². The van der Waals surface area contributed by atoms with Crippen molar-refractivity contribution in [3.05, 3.63) is 47.0 Å². The van der Waals surface area contributed by atoms with Gasteiger partial charge in [0.1, 0.15) is 0 Å². The molecular formula is C12H14BrNO. The van der Waals surface area contributed by atoms with Crippen LogP contribution >= 0.6 is 15.9 Å². The monoisotopic (exact) mass is 267 g/mol. The average Bonchev–Trinajstić information content (AvgIpc) is 2.18. The fourth-order valence-electron chi connectivity index (χ4n) is 1.29. The van der Waals surface area contributed by atoms with Crippen LogP contribution in [0, 0.1) is 0 Å². The summed E-state index contributed by atoms with van der Waals surface area (Å²) in [5, 5.41) is 0. The van der Waals surface area contributed by atoms with Gasteiger partial charge in [0.05, 0.1) is 6.04 Å². The number of rotatable bonds is 5. The molecule has 0 aliphatic carbocycles. The van der Waals surface area contributed by atoms with Crippen LogP contribution in [0.3, 0.4) is 0 Å². The zero-order chi connectivity index (χ0) is 11.3. The summed E-state index contributed by atoms with van der Waals surface area (Å²) in [7, 11) is 0. The predicted octanol–water partition coefficient (Wildman–Crippen LogP) is 2.46. The van der Waals surface area contributed by atoms with E-state index in [-0.39, 0.29) is 5.78 Å². The second-order valence-corrected chi connectivity index (χ2v) is 4.32. The van der Waals surface area contributed by atoms with E-state index in [0.717, 1.165) is 10.0 Å². The van der Waals surface area contributed by atoms with E-state index in [9.17, 15) is 4.79 Å². The van der Waals surface area contributed by atoms with Crippen LogP contribution in [-0.4, -0.2) is 11.8 Å². The van der Waals surface area contributed by atoms with Gasteiger partial charge in [-0.3, -0.25) is 4.79 Å². The third-order valence-corrected chi connectivity index (χ3v) is 2.59. The molecule has 0 aliphatic heterocycles. The normalized spacial score (nSPS) is 12.1. The summed E-state index contributed by atoms with van der Waals surface area (Å²) >= 11 is 3.36. The summed E-state index contributed by atoms with van der Waals surface area (Å²) in [5.74, 6) is 0.0491. The molecule has 1 rings (SSSR count). The zero-order valence-corrected chi connectivity index (χ0v) is 10.0. The van der Waals surface area contributed by atoms with E-state index in [1.807, 2.05) is 24.3 Å². The minimum absolute atomic E-state index is 0.0491. The molecule has 0 fully saturated rings. The van der Waals surface area contributed by atoms with E-state index in [1.165, 1.54) is 0 Å². The molecule has 1 atom stereocenters. The van der Waals surface area contributed by atoms with Crippen LogP contribution < -0.4 is 5.73 Å². The number of nitrogens with two attached hydrogens (primary N) is 1. The zero-order valence-electron chi connectivity index (χ0n) is 8.45. The van der Waals surface area contributed by atoms with Crippen molar-refractivity contribution in [2.45, 2.75) is 18.9 Å². The lowest BCUT2D eigenvalue weighted by Crippen LogP contribution is -2.31. The molecule has 15 heavy (non-hydrogen) atoms. The molecular weight excluding hydrogens is 254 g/mol. The molecule has 0 saturated carbocycles. The van der Waals surface area contributed by atoms with E-state index in [4.69, 9.17) is 5.73 Å². The van der Waals surface area contributed by atoms with Gasteiger partial charge in [-0.25, -0.2) is 0 Å². The molecule has 0 spiro atoms. The Morgan fingerprint density at radius 3 is 2.93 bits per heavy atom. The third-order valence-electron chi connectivity index (χ3n) is 2.10. The van der Waals surface area contributed by atoms with Crippen LogP contribution in [0.15, 0.2) is 41.4 Å². The Bertz CT molecular complexity index is 362. The predicted molar refractivity (Wildman–Crippen MR) is 65.6 cm³/mol. The van der Waals surface area contributed by atoms with E-state index >= 15 is 0 Å². The Morgan fingerprint density at radius 2 is 2.33 bits per heavy atom. The lowest BCUT2D eigenvalue weighted by atomic mass is 10.0. The molecule has 1 aromatic carbocycles. The molecule has 0 amide bonds. The highest BCUT2D eigenvalue weighted by Gasteiger charge is 2.12. The summed E-state index contributed by atoms with van der Waals surface area (Å²) < 4.78 is 0.977. The first-order valence-corrected chi connectivity index (χ1v) is 5.56. The fourth-order valence-corrected chi connectivity index (χ4v) is 1.74. The molecule has 0 radical (unpaired) electrons. The van der Waals surface area contributed by atoms with Crippen LogP contribution in [0.5, 0.6) is 0 Å². The SMILES string of the molecule is C=CCC(N)C(=O)Cc1cccc(Br)c1. The molecule has 3 heteroatoms. The van der Waals surface area contributed by atoms with Crippen LogP contribution in [0.25, 0.3) is 0 Å². The highest BCUT2D eigenvalue weighted by atomic mass is 79.9. The minimum atomic E-state index is -0.429. The Labute approximate surface area is 98.3 Å². The van der Waals surface area contributed by atoms with Crippen LogP contribution in [-0.2, 0) is 11.2 Å². The maximum Gasteiger partial charge on any atom is 0.154 e. The lowest BCUT2D eigenvalue weighted by molar-refractivity contribution is -0.119. The summed E-state index contributed by atoms with van der Waals surface area (Å²) in [6.45, 7) is 3.56. The summed E-state index contributed by atoms with van der Waals surface area (Å²) in [4.78, 5) is 11.6. The summed E-state index contributed by atoms with van der Waals surface area (Å²) in [6, 6.07) is 7.26. The number of ketones is 1. The largest absolute Gasteiger partial charge is 0.321 e. The number of hydrogen-bond donors (Lipinski definition) is 1. The topological polar surface area (TPSA) is 43.1 Å². The van der Waals surface area contributed by atoms with Crippen molar-refractivity contribution in [2.75, 3.05) is 0 Å². The van der Waals surface area contributed by atoms with Crippen molar-refractivity contribution in [3.63, 3.8) is 0 Å². The van der Waals surface area contributed by atoms with Crippen molar-refractivity contribution < 1.29 is 4.79 Å². The van der Waals surface area contributed by atoms with E-state index in [1.54, 1.807) is 6.08 Å². The van der Waals surface area contributed by atoms with E-state index in [2.05, 4.69) is 22.5 Å². The Morgan fingerprint density at radius 1 is 1.60 bits per heavy atom. The molecule has 0 heterocycles. The first kappa shape index (κ1) is 12.1. The Kier molecular flexibility index (Phi) is 4.72. The highest BCUT2D eigenvalue weighted by Crippen LogP contribution is 2.12. The molecule has 0 aromatic heterocycles. The second-order valence-electron chi connectivity index (χ2n) is 3.40. The van der Waals surface area contributed by atoms with Gasteiger partial charge in [-0.2, -0.15) is 0 Å². The van der Waals surface area contributed by atoms with Gasteiger partial charge in [-0.05, 0) is 24.1 Å². The average molecular weight is 268 g/mol. The van der Waals surface area contributed by atoms with Crippen molar-refractivity contribution in [1.29, 1.82) is 0 Å². The molecule has 2 N–H and O–H groups in total. The highest BCUT2D eigenvalue weighted by molar-refractivity contribution is 9.10. The number of carbonyl (C=O) groups is 1. The summed E-state index contributed by atoms with van der Waals surface area (Å²) in [5.41, 5.74) is 6.66. The molecule has 0 saturated heterocycles. The van der Waals surface area contributed by atoms with Crippen molar-refractivity contribution in [1.82, 2.24) is 0 Å². The standard InChI is InChI=1S/C12H14BrNO/c1-2-4-11(14)12(15)8-9-5-3-6-10(13)7-9/h2-3,5-7,11H,1,4,8,14H2. The Balaban J connectivity index is 2.62. The number of carbonyl (C=O) groups excluding carboxylic acids is 1. The number of benzene rings is 1. The van der Waals surface area contributed by atoms with Crippen molar-refractivity contribution in [2.24, 2.45) is 5.73 Å². The van der Waals surface area contributed by atoms with Crippen LogP contribution in [0.4, 0.5) is 0 Å². The molecule has 1 unspecified atom stereocenters. The van der Waals surface area contributed by atoms with Crippen molar-refractivity contribution in [3.8, 4) is 0 Å². The first-order chi connectivity index (χ1) is 7.13. The second kappa shape index (κ2) is 5.83. The maximum absolute atomic E-state index is 11.6.